The van der Waals surface area contributed by atoms with Crippen molar-refractivity contribution in [2.75, 3.05) is 7.11 Å². The summed E-state index contributed by atoms with van der Waals surface area (Å²) in [5.74, 6) is 0.251. The molecule has 0 aliphatic carbocycles. The van der Waals surface area contributed by atoms with Crippen LogP contribution in [-0.2, 0) is 16.4 Å². The molecule has 0 aliphatic heterocycles. The third kappa shape index (κ3) is 3.69. The van der Waals surface area contributed by atoms with E-state index in [2.05, 4.69) is 0 Å². The monoisotopic (exact) mass is 258 g/mol. The molecule has 0 bridgehead atoms. The van der Waals surface area contributed by atoms with E-state index >= 15 is 0 Å². The number of hydrogen-bond acceptors (Lipinski definition) is 4. The number of sulfonamides is 1. The largest absolute Gasteiger partial charge is 0.495 e. The van der Waals surface area contributed by atoms with E-state index in [1.54, 1.807) is 12.1 Å². The molecule has 17 heavy (non-hydrogen) atoms. The van der Waals surface area contributed by atoms with E-state index in [9.17, 15) is 8.42 Å². The van der Waals surface area contributed by atoms with Crippen molar-refractivity contribution in [3.8, 4) is 5.75 Å². The van der Waals surface area contributed by atoms with Gasteiger partial charge in [0, 0.05) is 6.04 Å². The number of ether oxygens (including phenoxy) is 1. The Morgan fingerprint density at radius 2 is 2.06 bits per heavy atom. The molecule has 0 fully saturated rings. The maximum atomic E-state index is 11.4. The smallest absolute Gasteiger partial charge is 0.241 e. The van der Waals surface area contributed by atoms with Crippen LogP contribution in [-0.4, -0.2) is 21.6 Å². The summed E-state index contributed by atoms with van der Waals surface area (Å²) >= 11 is 0. The Kier molecular flexibility index (Phi) is 4.50. The molecule has 1 aromatic carbocycles. The third-order valence-corrected chi connectivity index (χ3v) is 3.49. The highest BCUT2D eigenvalue weighted by molar-refractivity contribution is 7.89. The maximum absolute atomic E-state index is 11.4. The second-order valence-corrected chi connectivity index (χ2v) is 5.43. The Balaban J connectivity index is 3.14. The van der Waals surface area contributed by atoms with Gasteiger partial charge in [0.1, 0.15) is 10.6 Å². The van der Waals surface area contributed by atoms with Gasteiger partial charge in [-0.05, 0) is 30.5 Å². The predicted molar refractivity (Wildman–Crippen MR) is 66.3 cm³/mol. The van der Waals surface area contributed by atoms with Crippen LogP contribution >= 0.6 is 0 Å². The van der Waals surface area contributed by atoms with Gasteiger partial charge in [-0.2, -0.15) is 0 Å². The number of rotatable bonds is 5. The van der Waals surface area contributed by atoms with E-state index in [0.717, 1.165) is 12.0 Å². The van der Waals surface area contributed by atoms with Gasteiger partial charge in [0.15, 0.2) is 0 Å². The molecule has 0 unspecified atom stereocenters. The molecule has 5 nitrogen and oxygen atoms in total. The highest BCUT2D eigenvalue weighted by atomic mass is 32.2. The summed E-state index contributed by atoms with van der Waals surface area (Å²) in [6, 6.07) is 4.92. The Morgan fingerprint density at radius 3 is 2.53 bits per heavy atom. The zero-order valence-corrected chi connectivity index (χ0v) is 10.8. The molecule has 0 radical (unpaired) electrons. The van der Waals surface area contributed by atoms with Crippen LogP contribution in [0.1, 0.15) is 18.9 Å². The second-order valence-electron chi connectivity index (χ2n) is 3.90. The standard InChI is InChI=1S/C11H18N2O3S/c1-3-9(12)6-8-4-5-10(16-2)11(7-8)17(13,14)15/h4-5,7,9H,3,6,12H2,1-2H3,(H2,13,14,15)/t9-/m1/s1. The molecule has 0 aromatic heterocycles. The first-order chi connectivity index (χ1) is 7.88. The molecule has 0 saturated heterocycles. The van der Waals surface area contributed by atoms with Gasteiger partial charge in [-0.3, -0.25) is 0 Å². The van der Waals surface area contributed by atoms with Crippen molar-refractivity contribution in [1.29, 1.82) is 0 Å². The molecule has 0 aliphatic rings. The van der Waals surface area contributed by atoms with Gasteiger partial charge < -0.3 is 10.5 Å². The first kappa shape index (κ1) is 14.0. The van der Waals surface area contributed by atoms with Crippen molar-refractivity contribution in [3.05, 3.63) is 23.8 Å². The van der Waals surface area contributed by atoms with Crippen LogP contribution in [0.5, 0.6) is 5.75 Å². The predicted octanol–water partition coefficient (Wildman–Crippen LogP) is 0.622. The minimum Gasteiger partial charge on any atom is -0.495 e. The molecule has 1 atom stereocenters. The number of hydrogen-bond donors (Lipinski definition) is 2. The van der Waals surface area contributed by atoms with Crippen molar-refractivity contribution >= 4 is 10.0 Å². The average molecular weight is 258 g/mol. The molecule has 1 aromatic rings. The first-order valence-electron chi connectivity index (χ1n) is 5.33. The van der Waals surface area contributed by atoms with Crippen LogP contribution < -0.4 is 15.6 Å². The highest BCUT2D eigenvalue weighted by Gasteiger charge is 2.16. The summed E-state index contributed by atoms with van der Waals surface area (Å²) in [4.78, 5) is 0.000744. The van der Waals surface area contributed by atoms with Gasteiger partial charge in [-0.25, -0.2) is 13.6 Å². The molecule has 0 heterocycles. The molecular weight excluding hydrogens is 240 g/mol. The summed E-state index contributed by atoms with van der Waals surface area (Å²) in [7, 11) is -2.37. The molecule has 96 valence electrons. The number of methoxy groups -OCH3 is 1. The van der Waals surface area contributed by atoms with E-state index in [-0.39, 0.29) is 16.7 Å². The van der Waals surface area contributed by atoms with Gasteiger partial charge in [0.2, 0.25) is 10.0 Å². The molecule has 0 amide bonds. The van der Waals surface area contributed by atoms with Gasteiger partial charge in [-0.15, -0.1) is 0 Å². The first-order valence-corrected chi connectivity index (χ1v) is 6.88. The lowest BCUT2D eigenvalue weighted by atomic mass is 10.0. The van der Waals surface area contributed by atoms with E-state index in [4.69, 9.17) is 15.6 Å². The lowest BCUT2D eigenvalue weighted by Crippen LogP contribution is -2.22. The molecule has 0 spiro atoms. The Morgan fingerprint density at radius 1 is 1.41 bits per heavy atom. The second kappa shape index (κ2) is 5.48. The lowest BCUT2D eigenvalue weighted by Gasteiger charge is -2.12. The molecule has 4 N–H and O–H groups in total. The van der Waals surface area contributed by atoms with Gasteiger partial charge in [0.05, 0.1) is 7.11 Å². The van der Waals surface area contributed by atoms with E-state index in [1.807, 2.05) is 6.92 Å². The number of nitrogens with two attached hydrogens (primary N) is 2. The normalized spacial score (nSPS) is 13.4. The highest BCUT2D eigenvalue weighted by Crippen LogP contribution is 2.24. The Hall–Kier alpha value is -1.11. The van der Waals surface area contributed by atoms with Crippen LogP contribution in [0.2, 0.25) is 0 Å². The van der Waals surface area contributed by atoms with Crippen molar-refractivity contribution < 1.29 is 13.2 Å². The third-order valence-electron chi connectivity index (χ3n) is 2.56. The minimum atomic E-state index is -3.78. The Labute approximate surface area is 102 Å². The maximum Gasteiger partial charge on any atom is 0.241 e. The SMILES string of the molecule is CC[C@@H](N)Cc1ccc(OC)c(S(N)(=O)=O)c1. The average Bonchev–Trinajstić information content (AvgIpc) is 2.27. The summed E-state index contributed by atoms with van der Waals surface area (Å²) in [6.45, 7) is 1.98. The summed E-state index contributed by atoms with van der Waals surface area (Å²) in [5, 5.41) is 5.13. The van der Waals surface area contributed by atoms with E-state index < -0.39 is 10.0 Å². The molecule has 0 saturated carbocycles. The van der Waals surface area contributed by atoms with Crippen LogP contribution in [0.25, 0.3) is 0 Å². The summed E-state index contributed by atoms with van der Waals surface area (Å²) in [6.07, 6.45) is 1.44. The topological polar surface area (TPSA) is 95.4 Å². The molecular formula is C11H18N2O3S. The fraction of sp³-hybridized carbons (Fsp3) is 0.455. The zero-order chi connectivity index (χ0) is 13.1. The lowest BCUT2D eigenvalue weighted by molar-refractivity contribution is 0.402. The van der Waals surface area contributed by atoms with E-state index in [1.165, 1.54) is 13.2 Å². The quantitative estimate of drug-likeness (QED) is 0.809. The summed E-state index contributed by atoms with van der Waals surface area (Å²) in [5.41, 5.74) is 6.66. The van der Waals surface area contributed by atoms with Gasteiger partial charge in [0.25, 0.3) is 0 Å². The Bertz CT molecular complexity index is 485. The number of benzene rings is 1. The van der Waals surface area contributed by atoms with Crippen molar-refractivity contribution in [3.63, 3.8) is 0 Å². The van der Waals surface area contributed by atoms with Gasteiger partial charge in [-0.1, -0.05) is 13.0 Å². The summed E-state index contributed by atoms with van der Waals surface area (Å²) < 4.78 is 27.7. The van der Waals surface area contributed by atoms with Crippen LogP contribution in [0, 0.1) is 0 Å². The van der Waals surface area contributed by atoms with Crippen molar-refractivity contribution in [1.82, 2.24) is 0 Å². The number of primary sulfonamides is 1. The molecule has 1 rings (SSSR count). The minimum absolute atomic E-state index is 0.000744. The van der Waals surface area contributed by atoms with Crippen LogP contribution in [0.15, 0.2) is 23.1 Å². The van der Waals surface area contributed by atoms with Crippen LogP contribution in [0.3, 0.4) is 0 Å². The van der Waals surface area contributed by atoms with E-state index in [0.29, 0.717) is 6.42 Å². The zero-order valence-electron chi connectivity index (χ0n) is 10.0. The van der Waals surface area contributed by atoms with Gasteiger partial charge >= 0.3 is 0 Å². The molecule has 6 heteroatoms. The van der Waals surface area contributed by atoms with Crippen LogP contribution in [0.4, 0.5) is 0 Å². The van der Waals surface area contributed by atoms with Crippen molar-refractivity contribution in [2.24, 2.45) is 10.9 Å². The van der Waals surface area contributed by atoms with Crippen molar-refractivity contribution in [2.45, 2.75) is 30.7 Å². The fourth-order valence-corrected chi connectivity index (χ4v) is 2.26. The fourth-order valence-electron chi connectivity index (χ4n) is 1.52.